The molecule has 0 unspecified atom stereocenters. The second-order valence-electron chi connectivity index (χ2n) is 9.42. The zero-order valence-corrected chi connectivity index (χ0v) is 21.8. The maximum Gasteiger partial charge on any atom is 0.490 e. The topological polar surface area (TPSA) is 118 Å². The lowest BCUT2D eigenvalue weighted by atomic mass is 9.85. The highest BCUT2D eigenvalue weighted by Crippen LogP contribution is 2.39. The molecule has 216 valence electrons. The van der Waals surface area contributed by atoms with E-state index < -0.39 is 44.5 Å². The monoisotopic (exact) mass is 582 g/mol. The highest BCUT2D eigenvalue weighted by Gasteiger charge is 2.45. The molecule has 39 heavy (non-hydrogen) atoms. The summed E-state index contributed by atoms with van der Waals surface area (Å²) in [7, 11) is -4.05. The standard InChI is InChI=1S/C23H27F3N2O3S.C2HF3O2/c1-22(2,32(30,31)19-10-6-9-18(15-19)23(24,25)26)17-11-13-28(14-12-17)21(29)20(27)16-7-4-3-5-8-16;3-2(4,5)1(6)7/h3-10,15,17,20H,11-14,27H2,1-2H3;(H,6,7)/t20-;/m1./s1. The zero-order chi connectivity index (χ0) is 29.8. The third-order valence-electron chi connectivity index (χ3n) is 6.62. The summed E-state index contributed by atoms with van der Waals surface area (Å²) in [5.74, 6) is -3.31. The highest BCUT2D eigenvalue weighted by atomic mass is 32.2. The molecule has 0 radical (unpaired) electrons. The first kappa shape index (κ1) is 32.1. The Kier molecular flexibility index (Phi) is 9.83. The smallest absolute Gasteiger partial charge is 0.475 e. The molecule has 0 aliphatic carbocycles. The number of rotatable bonds is 5. The van der Waals surface area contributed by atoms with Crippen LogP contribution in [0.5, 0.6) is 0 Å². The van der Waals surface area contributed by atoms with Crippen LogP contribution in [0.4, 0.5) is 26.3 Å². The van der Waals surface area contributed by atoms with Crippen molar-refractivity contribution in [2.24, 2.45) is 11.7 Å². The normalized spacial score (nSPS) is 16.2. The van der Waals surface area contributed by atoms with Crippen molar-refractivity contribution in [3.8, 4) is 0 Å². The van der Waals surface area contributed by atoms with Gasteiger partial charge in [-0.15, -0.1) is 0 Å². The van der Waals surface area contributed by atoms with Gasteiger partial charge in [0.15, 0.2) is 9.84 Å². The summed E-state index contributed by atoms with van der Waals surface area (Å²) < 4.78 is 96.2. The van der Waals surface area contributed by atoms with Gasteiger partial charge in [0.1, 0.15) is 6.04 Å². The number of sulfone groups is 1. The first-order chi connectivity index (χ1) is 17.8. The Morgan fingerprint density at radius 3 is 1.92 bits per heavy atom. The number of carboxylic acid groups (broad SMARTS) is 1. The van der Waals surface area contributed by atoms with Crippen molar-refractivity contribution in [3.63, 3.8) is 0 Å². The molecule has 3 N–H and O–H groups in total. The second kappa shape index (κ2) is 11.9. The van der Waals surface area contributed by atoms with Crippen LogP contribution < -0.4 is 5.73 Å². The van der Waals surface area contributed by atoms with E-state index in [4.69, 9.17) is 15.6 Å². The fraction of sp³-hybridized carbons (Fsp3) is 0.440. The number of nitrogens with two attached hydrogens (primary N) is 1. The molecule has 7 nitrogen and oxygen atoms in total. The van der Waals surface area contributed by atoms with Crippen LogP contribution in [-0.2, 0) is 25.6 Å². The van der Waals surface area contributed by atoms with Crippen LogP contribution in [0.1, 0.15) is 43.9 Å². The third-order valence-corrected chi connectivity index (χ3v) is 9.21. The molecule has 3 rings (SSSR count). The number of alkyl halides is 6. The van der Waals surface area contributed by atoms with Crippen molar-refractivity contribution in [2.45, 2.75) is 54.7 Å². The molecule has 1 saturated heterocycles. The molecule has 2 aromatic carbocycles. The van der Waals surface area contributed by atoms with Crippen molar-refractivity contribution in [1.82, 2.24) is 4.90 Å². The first-order valence-electron chi connectivity index (χ1n) is 11.6. The molecular formula is C25H28F6N2O5S. The lowest BCUT2D eigenvalue weighted by Gasteiger charge is -2.40. The predicted molar refractivity (Wildman–Crippen MR) is 129 cm³/mol. The van der Waals surface area contributed by atoms with Gasteiger partial charge in [-0.3, -0.25) is 4.79 Å². The van der Waals surface area contributed by atoms with Crippen LogP contribution in [0, 0.1) is 5.92 Å². The second-order valence-corrected chi connectivity index (χ2v) is 12.0. The molecule has 1 heterocycles. The molecule has 2 aromatic rings. The fourth-order valence-corrected chi connectivity index (χ4v) is 5.98. The van der Waals surface area contributed by atoms with E-state index in [2.05, 4.69) is 0 Å². The zero-order valence-electron chi connectivity index (χ0n) is 21.0. The number of carbonyl (C=O) groups excluding carboxylic acids is 1. The Balaban J connectivity index is 0.000000673. The number of amides is 1. The van der Waals surface area contributed by atoms with Crippen molar-refractivity contribution in [1.29, 1.82) is 0 Å². The molecule has 0 saturated carbocycles. The number of hydrogen-bond donors (Lipinski definition) is 2. The van der Waals surface area contributed by atoms with E-state index in [1.807, 2.05) is 6.07 Å². The first-order valence-corrected chi connectivity index (χ1v) is 13.1. The molecule has 1 fully saturated rings. The highest BCUT2D eigenvalue weighted by molar-refractivity contribution is 7.92. The molecule has 0 spiro atoms. The van der Waals surface area contributed by atoms with Gasteiger partial charge in [0.25, 0.3) is 0 Å². The van der Waals surface area contributed by atoms with E-state index in [0.717, 1.165) is 12.1 Å². The molecule has 14 heteroatoms. The maximum atomic E-state index is 13.3. The Morgan fingerprint density at radius 2 is 1.46 bits per heavy atom. The Labute approximate surface area is 221 Å². The van der Waals surface area contributed by atoms with Gasteiger partial charge < -0.3 is 15.7 Å². The predicted octanol–water partition coefficient (Wildman–Crippen LogP) is 4.83. The van der Waals surface area contributed by atoms with E-state index in [9.17, 15) is 39.6 Å². The summed E-state index contributed by atoms with van der Waals surface area (Å²) >= 11 is 0. The van der Waals surface area contributed by atoms with Gasteiger partial charge in [-0.25, -0.2) is 13.2 Å². The van der Waals surface area contributed by atoms with Gasteiger partial charge in [0.05, 0.1) is 15.2 Å². The minimum Gasteiger partial charge on any atom is -0.475 e. The van der Waals surface area contributed by atoms with Crippen LogP contribution in [0.2, 0.25) is 0 Å². The number of likely N-dealkylation sites (tertiary alicyclic amines) is 1. The van der Waals surface area contributed by atoms with Crippen LogP contribution >= 0.6 is 0 Å². The molecule has 1 amide bonds. The van der Waals surface area contributed by atoms with Gasteiger partial charge >= 0.3 is 18.3 Å². The van der Waals surface area contributed by atoms with E-state index in [0.29, 0.717) is 37.6 Å². The summed E-state index contributed by atoms with van der Waals surface area (Å²) in [6.07, 6.45) is -8.88. The average Bonchev–Trinajstić information content (AvgIpc) is 2.87. The van der Waals surface area contributed by atoms with Gasteiger partial charge in [-0.05, 0) is 56.4 Å². The largest absolute Gasteiger partial charge is 0.490 e. The molecule has 1 aliphatic rings. The third kappa shape index (κ3) is 7.72. The van der Waals surface area contributed by atoms with E-state index in [1.165, 1.54) is 6.07 Å². The SMILES string of the molecule is CC(C)(C1CCN(C(=O)[C@H](N)c2ccccc2)CC1)S(=O)(=O)c1cccc(C(F)(F)F)c1.O=C(O)C(F)(F)F. The molecule has 1 aliphatic heterocycles. The number of aliphatic carboxylic acids is 1. The quantitative estimate of drug-likeness (QED) is 0.488. The number of carbonyl (C=O) groups is 2. The number of hydrogen-bond acceptors (Lipinski definition) is 5. The van der Waals surface area contributed by atoms with Gasteiger partial charge in [0, 0.05) is 13.1 Å². The average molecular weight is 583 g/mol. The van der Waals surface area contributed by atoms with Crippen molar-refractivity contribution >= 4 is 21.7 Å². The number of carboxylic acids is 1. The Morgan fingerprint density at radius 1 is 0.949 bits per heavy atom. The van der Waals surface area contributed by atoms with Gasteiger partial charge in [-0.1, -0.05) is 36.4 Å². The van der Waals surface area contributed by atoms with Crippen LogP contribution in [0.15, 0.2) is 59.5 Å². The van der Waals surface area contributed by atoms with Crippen LogP contribution in [0.3, 0.4) is 0 Å². The lowest BCUT2D eigenvalue weighted by molar-refractivity contribution is -0.192. The number of piperidine rings is 1. The number of nitrogens with zero attached hydrogens (tertiary/aromatic N) is 1. The van der Waals surface area contributed by atoms with E-state index in [1.54, 1.807) is 43.0 Å². The van der Waals surface area contributed by atoms with Gasteiger partial charge in [-0.2, -0.15) is 26.3 Å². The molecule has 0 bridgehead atoms. The molecule has 0 aromatic heterocycles. The summed E-state index contributed by atoms with van der Waals surface area (Å²) in [5, 5.41) is 7.12. The Bertz CT molecular complexity index is 1260. The fourth-order valence-electron chi connectivity index (χ4n) is 4.16. The van der Waals surface area contributed by atoms with Crippen molar-refractivity contribution in [2.75, 3.05) is 13.1 Å². The summed E-state index contributed by atoms with van der Waals surface area (Å²) in [6, 6.07) is 12.0. The Hall–Kier alpha value is -3.13. The maximum absolute atomic E-state index is 13.3. The summed E-state index contributed by atoms with van der Waals surface area (Å²) in [6.45, 7) is 3.76. The lowest BCUT2D eigenvalue weighted by Crippen LogP contribution is -2.49. The number of halogens is 6. The number of benzene rings is 2. The molecule has 1 atom stereocenters. The molecular weight excluding hydrogens is 554 g/mol. The summed E-state index contributed by atoms with van der Waals surface area (Å²) in [5.41, 5.74) is 5.81. The minimum absolute atomic E-state index is 0.229. The summed E-state index contributed by atoms with van der Waals surface area (Å²) in [4.78, 5) is 23.0. The van der Waals surface area contributed by atoms with Crippen molar-refractivity contribution in [3.05, 3.63) is 65.7 Å². The van der Waals surface area contributed by atoms with E-state index >= 15 is 0 Å². The minimum atomic E-state index is -5.08. The van der Waals surface area contributed by atoms with Crippen molar-refractivity contribution < 1.29 is 49.5 Å². The van der Waals surface area contributed by atoms with Crippen LogP contribution in [-0.4, -0.2) is 54.3 Å². The van der Waals surface area contributed by atoms with Gasteiger partial charge in [0.2, 0.25) is 5.91 Å². The van der Waals surface area contributed by atoms with E-state index in [-0.39, 0.29) is 16.7 Å². The van der Waals surface area contributed by atoms with Crippen LogP contribution in [0.25, 0.3) is 0 Å².